The van der Waals surface area contributed by atoms with Crippen molar-refractivity contribution in [3.8, 4) is 0 Å². The number of carbonyl (C=O) groups is 2. The van der Waals surface area contributed by atoms with E-state index in [9.17, 15) is 9.59 Å². The van der Waals surface area contributed by atoms with Crippen molar-refractivity contribution in [2.75, 3.05) is 0 Å². The molecule has 3 amide bonds. The van der Waals surface area contributed by atoms with E-state index in [1.54, 1.807) is 6.92 Å². The van der Waals surface area contributed by atoms with E-state index in [0.29, 0.717) is 17.6 Å². The minimum absolute atomic E-state index is 0.174. The number of allylic oxidation sites excluding steroid dienone is 1. The Kier molecular flexibility index (Phi) is 8.15. The van der Waals surface area contributed by atoms with Crippen LogP contribution in [0.2, 0.25) is 0 Å². The highest BCUT2D eigenvalue weighted by molar-refractivity contribution is 8.00. The molecule has 2 aliphatic carbocycles. The summed E-state index contributed by atoms with van der Waals surface area (Å²) in [4.78, 5) is 24.7. The summed E-state index contributed by atoms with van der Waals surface area (Å²) < 4.78 is 2.07. The lowest BCUT2D eigenvalue weighted by atomic mass is 9.89. The van der Waals surface area contributed by atoms with Gasteiger partial charge in [-0.15, -0.1) is 16.8 Å². The molecule has 0 spiro atoms. The van der Waals surface area contributed by atoms with Crippen LogP contribution in [0.4, 0.5) is 4.79 Å². The van der Waals surface area contributed by atoms with Crippen LogP contribution in [-0.2, 0) is 11.3 Å². The second-order valence-corrected chi connectivity index (χ2v) is 9.44. The first-order chi connectivity index (χ1) is 14.1. The van der Waals surface area contributed by atoms with E-state index in [0.717, 1.165) is 44.3 Å². The van der Waals surface area contributed by atoms with Gasteiger partial charge in [-0.25, -0.2) is 4.79 Å². The number of urea groups is 1. The van der Waals surface area contributed by atoms with Gasteiger partial charge in [0, 0.05) is 18.5 Å². The van der Waals surface area contributed by atoms with E-state index in [-0.39, 0.29) is 11.9 Å². The molecule has 1 atom stereocenters. The van der Waals surface area contributed by atoms with Gasteiger partial charge < -0.3 is 9.88 Å². The summed E-state index contributed by atoms with van der Waals surface area (Å²) in [7, 11) is 0. The summed E-state index contributed by atoms with van der Waals surface area (Å²) in [5.41, 5.74) is 0. The van der Waals surface area contributed by atoms with E-state index in [4.69, 9.17) is 0 Å². The Bertz CT molecular complexity index is 708. The van der Waals surface area contributed by atoms with Crippen LogP contribution < -0.4 is 10.6 Å². The maximum absolute atomic E-state index is 12.5. The van der Waals surface area contributed by atoms with Crippen LogP contribution >= 0.6 is 11.8 Å². The molecule has 0 aromatic carbocycles. The van der Waals surface area contributed by atoms with Gasteiger partial charge in [-0.1, -0.05) is 56.4 Å². The maximum atomic E-state index is 12.5. The predicted octanol–water partition coefficient (Wildman–Crippen LogP) is 4.15. The second-order valence-electron chi connectivity index (χ2n) is 8.13. The van der Waals surface area contributed by atoms with Crippen molar-refractivity contribution in [2.24, 2.45) is 0 Å². The molecule has 2 aliphatic rings. The molecule has 160 valence electrons. The number of aromatic nitrogens is 3. The molecule has 0 bridgehead atoms. The molecule has 2 N–H and O–H groups in total. The SMILES string of the molecule is C=CCn1c(S[C@@H](C)C(=O)NC(=O)NC2CCCCC2)nnc1C1CCCCC1. The Morgan fingerprint density at radius 3 is 2.45 bits per heavy atom. The zero-order chi connectivity index (χ0) is 20.6. The minimum atomic E-state index is -0.445. The van der Waals surface area contributed by atoms with Crippen molar-refractivity contribution >= 4 is 23.7 Å². The first-order valence-electron chi connectivity index (χ1n) is 10.9. The van der Waals surface area contributed by atoms with Gasteiger partial charge in [-0.2, -0.15) is 0 Å². The number of thioether (sulfide) groups is 1. The Balaban J connectivity index is 1.57. The molecule has 8 heteroatoms. The van der Waals surface area contributed by atoms with E-state index in [1.807, 2.05) is 6.08 Å². The quantitative estimate of drug-likeness (QED) is 0.512. The standard InChI is InChI=1S/C21H33N5O2S/c1-3-14-26-18(16-10-6-4-7-11-16)24-25-21(26)29-15(2)19(27)23-20(28)22-17-12-8-5-9-13-17/h3,15-17H,1,4-14H2,2H3,(H2,22,23,27,28)/t15-/m0/s1. The average molecular weight is 420 g/mol. The minimum Gasteiger partial charge on any atom is -0.335 e. The summed E-state index contributed by atoms with van der Waals surface area (Å²) in [5, 5.41) is 14.5. The molecule has 3 rings (SSSR count). The third-order valence-corrected chi connectivity index (χ3v) is 6.94. The number of nitrogens with one attached hydrogen (secondary N) is 2. The van der Waals surface area contributed by atoms with Crippen molar-refractivity contribution in [3.05, 3.63) is 18.5 Å². The van der Waals surface area contributed by atoms with Crippen molar-refractivity contribution < 1.29 is 9.59 Å². The van der Waals surface area contributed by atoms with Crippen LogP contribution in [0, 0.1) is 0 Å². The molecule has 2 saturated carbocycles. The first kappa shape index (κ1) is 21.9. The summed E-state index contributed by atoms with van der Waals surface area (Å²) in [6.07, 6.45) is 13.3. The molecule has 0 unspecified atom stereocenters. The largest absolute Gasteiger partial charge is 0.335 e. The van der Waals surface area contributed by atoms with Crippen LogP contribution in [0.3, 0.4) is 0 Å². The van der Waals surface area contributed by atoms with Gasteiger partial charge in [0.2, 0.25) is 5.91 Å². The highest BCUT2D eigenvalue weighted by Crippen LogP contribution is 2.34. The molecule has 0 saturated heterocycles. The normalized spacial score (nSPS) is 19.5. The molecular weight excluding hydrogens is 386 g/mol. The van der Waals surface area contributed by atoms with Gasteiger partial charge in [0.15, 0.2) is 5.16 Å². The molecular formula is C21H33N5O2S. The summed E-state index contributed by atoms with van der Waals surface area (Å²) in [6.45, 7) is 6.27. The van der Waals surface area contributed by atoms with Crippen molar-refractivity contribution in [2.45, 2.75) is 100 Å². The van der Waals surface area contributed by atoms with Gasteiger partial charge in [0.25, 0.3) is 0 Å². The topological polar surface area (TPSA) is 88.9 Å². The number of carbonyl (C=O) groups excluding carboxylic acids is 2. The van der Waals surface area contributed by atoms with Crippen molar-refractivity contribution in [1.82, 2.24) is 25.4 Å². The Hall–Kier alpha value is -1.83. The lowest BCUT2D eigenvalue weighted by molar-refractivity contribution is -0.119. The van der Waals surface area contributed by atoms with Crippen LogP contribution in [-0.4, -0.2) is 38.0 Å². The number of amides is 3. The van der Waals surface area contributed by atoms with Gasteiger partial charge >= 0.3 is 6.03 Å². The third-order valence-electron chi connectivity index (χ3n) is 5.86. The summed E-state index contributed by atoms with van der Waals surface area (Å²) in [6, 6.07) is -0.224. The molecule has 1 aromatic rings. The van der Waals surface area contributed by atoms with Gasteiger partial charge in [-0.3, -0.25) is 10.1 Å². The summed E-state index contributed by atoms with van der Waals surface area (Å²) >= 11 is 1.34. The maximum Gasteiger partial charge on any atom is 0.321 e. The van der Waals surface area contributed by atoms with Crippen LogP contribution in [0.25, 0.3) is 0 Å². The average Bonchev–Trinajstić information content (AvgIpc) is 3.12. The van der Waals surface area contributed by atoms with Crippen molar-refractivity contribution in [1.29, 1.82) is 0 Å². The molecule has 1 aromatic heterocycles. The third kappa shape index (κ3) is 6.07. The van der Waals surface area contributed by atoms with Gasteiger partial charge in [-0.05, 0) is 32.6 Å². The lowest BCUT2D eigenvalue weighted by Crippen LogP contribution is -2.47. The predicted molar refractivity (Wildman–Crippen MR) is 115 cm³/mol. The smallest absolute Gasteiger partial charge is 0.321 e. The number of imide groups is 1. The van der Waals surface area contributed by atoms with Gasteiger partial charge in [0.1, 0.15) is 5.82 Å². The van der Waals surface area contributed by atoms with Gasteiger partial charge in [0.05, 0.1) is 5.25 Å². The Morgan fingerprint density at radius 1 is 1.14 bits per heavy atom. The fourth-order valence-corrected chi connectivity index (χ4v) is 5.11. The zero-order valence-corrected chi connectivity index (χ0v) is 18.2. The molecule has 29 heavy (non-hydrogen) atoms. The number of nitrogens with zero attached hydrogens (tertiary/aromatic N) is 3. The lowest BCUT2D eigenvalue weighted by Gasteiger charge is -2.23. The number of rotatable bonds is 7. The van der Waals surface area contributed by atoms with Crippen LogP contribution in [0.5, 0.6) is 0 Å². The number of hydrogen-bond acceptors (Lipinski definition) is 5. The fourth-order valence-electron chi connectivity index (χ4n) is 4.24. The van der Waals surface area contributed by atoms with Crippen LogP contribution in [0.1, 0.15) is 82.9 Å². The molecule has 0 aliphatic heterocycles. The van der Waals surface area contributed by atoms with E-state index in [2.05, 4.69) is 32.0 Å². The first-order valence-corrected chi connectivity index (χ1v) is 11.8. The Morgan fingerprint density at radius 2 is 1.79 bits per heavy atom. The molecule has 2 fully saturated rings. The highest BCUT2D eigenvalue weighted by Gasteiger charge is 2.26. The molecule has 1 heterocycles. The fraction of sp³-hybridized carbons (Fsp3) is 0.714. The van der Waals surface area contributed by atoms with E-state index in [1.165, 1.54) is 37.4 Å². The number of hydrogen-bond donors (Lipinski definition) is 2. The Labute approximate surface area is 177 Å². The molecule has 0 radical (unpaired) electrons. The molecule has 7 nitrogen and oxygen atoms in total. The highest BCUT2D eigenvalue weighted by atomic mass is 32.2. The van der Waals surface area contributed by atoms with E-state index < -0.39 is 11.3 Å². The zero-order valence-electron chi connectivity index (χ0n) is 17.4. The summed E-state index contributed by atoms with van der Waals surface area (Å²) in [5.74, 6) is 1.11. The second kappa shape index (κ2) is 10.8. The van der Waals surface area contributed by atoms with Crippen LogP contribution in [0.15, 0.2) is 17.8 Å². The van der Waals surface area contributed by atoms with E-state index >= 15 is 0 Å². The van der Waals surface area contributed by atoms with Crippen molar-refractivity contribution in [3.63, 3.8) is 0 Å². The monoisotopic (exact) mass is 419 g/mol.